The molecule has 2 aromatic rings. The highest BCUT2D eigenvalue weighted by Gasteiger charge is 2.38. The van der Waals surface area contributed by atoms with Gasteiger partial charge in [0.1, 0.15) is 0 Å². The molecule has 0 amide bonds. The van der Waals surface area contributed by atoms with Crippen molar-refractivity contribution in [2.45, 2.75) is 60.3 Å². The van der Waals surface area contributed by atoms with Crippen molar-refractivity contribution in [1.82, 2.24) is 0 Å². The molecular formula is C21H26. The second kappa shape index (κ2) is 4.47. The van der Waals surface area contributed by atoms with Crippen molar-refractivity contribution in [2.24, 2.45) is 0 Å². The topological polar surface area (TPSA) is 0 Å². The monoisotopic (exact) mass is 278 g/mol. The molecule has 0 aliphatic heterocycles. The Labute approximate surface area is 129 Å². The van der Waals surface area contributed by atoms with Gasteiger partial charge < -0.3 is 0 Å². The van der Waals surface area contributed by atoms with Gasteiger partial charge in [0.2, 0.25) is 0 Å². The Bertz CT molecular complexity index is 745. The smallest absolute Gasteiger partial charge is 0.0161 e. The molecule has 0 aromatic heterocycles. The van der Waals surface area contributed by atoms with Crippen molar-refractivity contribution in [3.63, 3.8) is 0 Å². The molecule has 1 aliphatic rings. The van der Waals surface area contributed by atoms with Crippen LogP contribution in [0, 0.1) is 27.7 Å². The zero-order valence-electron chi connectivity index (χ0n) is 14.4. The van der Waals surface area contributed by atoms with E-state index in [-0.39, 0.29) is 5.41 Å². The molecule has 0 N–H and O–H groups in total. The predicted octanol–water partition coefficient (Wildman–Crippen LogP) is 5.79. The number of hydrogen-bond acceptors (Lipinski definition) is 0. The van der Waals surface area contributed by atoms with Crippen LogP contribution in [0.25, 0.3) is 11.1 Å². The van der Waals surface area contributed by atoms with E-state index in [0.717, 1.165) is 6.42 Å². The Hall–Kier alpha value is -1.56. The lowest BCUT2D eigenvalue weighted by atomic mass is 9.78. The molecule has 3 rings (SSSR count). The molecule has 0 radical (unpaired) electrons. The van der Waals surface area contributed by atoms with Gasteiger partial charge in [0, 0.05) is 5.41 Å². The van der Waals surface area contributed by atoms with Crippen LogP contribution in [-0.2, 0) is 11.8 Å². The fourth-order valence-corrected chi connectivity index (χ4v) is 4.16. The van der Waals surface area contributed by atoms with Crippen LogP contribution < -0.4 is 0 Å². The summed E-state index contributed by atoms with van der Waals surface area (Å²) in [7, 11) is 0. The second-order valence-corrected chi connectivity index (χ2v) is 7.19. The van der Waals surface area contributed by atoms with Crippen LogP contribution in [-0.4, -0.2) is 0 Å². The Morgan fingerprint density at radius 2 is 1.48 bits per heavy atom. The molecular weight excluding hydrogens is 252 g/mol. The fraction of sp³-hybridized carbons (Fsp3) is 0.429. The van der Waals surface area contributed by atoms with Crippen molar-refractivity contribution in [2.75, 3.05) is 0 Å². The van der Waals surface area contributed by atoms with Crippen molar-refractivity contribution in [1.29, 1.82) is 0 Å². The minimum absolute atomic E-state index is 0.114. The van der Waals surface area contributed by atoms with Gasteiger partial charge in [0.15, 0.2) is 0 Å². The van der Waals surface area contributed by atoms with E-state index in [9.17, 15) is 0 Å². The van der Waals surface area contributed by atoms with Gasteiger partial charge in [-0.15, -0.1) is 0 Å². The summed E-state index contributed by atoms with van der Waals surface area (Å²) in [5.74, 6) is 0. The first-order valence-corrected chi connectivity index (χ1v) is 8.04. The average molecular weight is 278 g/mol. The molecule has 0 heterocycles. The highest BCUT2D eigenvalue weighted by molar-refractivity contribution is 5.85. The molecule has 0 heteroatoms. The van der Waals surface area contributed by atoms with Crippen LogP contribution in [0.5, 0.6) is 0 Å². The summed E-state index contributed by atoms with van der Waals surface area (Å²) in [5, 5.41) is 0. The largest absolute Gasteiger partial charge is 0.0613 e. The molecule has 0 fully saturated rings. The van der Waals surface area contributed by atoms with Crippen LogP contribution in [0.4, 0.5) is 0 Å². The third-order valence-corrected chi connectivity index (χ3v) is 5.47. The fourth-order valence-electron chi connectivity index (χ4n) is 4.16. The maximum absolute atomic E-state index is 2.41. The van der Waals surface area contributed by atoms with E-state index in [1.807, 2.05) is 0 Å². The number of benzene rings is 2. The van der Waals surface area contributed by atoms with Crippen LogP contribution >= 0.6 is 0 Å². The molecule has 0 saturated heterocycles. The molecule has 0 saturated carbocycles. The summed E-state index contributed by atoms with van der Waals surface area (Å²) in [6.07, 6.45) is 1.12. The standard InChI is InChI=1S/C21H26/c1-8-16-9-14(4)19-17-10-12(2)13(3)11-18(17)21(6,7)20(19)15(16)5/h9-11H,8H2,1-7H3. The highest BCUT2D eigenvalue weighted by atomic mass is 14.4. The van der Waals surface area contributed by atoms with Gasteiger partial charge in [-0.25, -0.2) is 0 Å². The molecule has 21 heavy (non-hydrogen) atoms. The van der Waals surface area contributed by atoms with Crippen molar-refractivity contribution >= 4 is 0 Å². The summed E-state index contributed by atoms with van der Waals surface area (Å²) < 4.78 is 0. The van der Waals surface area contributed by atoms with Gasteiger partial charge in [-0.3, -0.25) is 0 Å². The lowest BCUT2D eigenvalue weighted by Gasteiger charge is -2.25. The molecule has 2 aromatic carbocycles. The van der Waals surface area contributed by atoms with Crippen molar-refractivity contribution < 1.29 is 0 Å². The summed E-state index contributed by atoms with van der Waals surface area (Å²) in [6, 6.07) is 7.21. The lowest BCUT2D eigenvalue weighted by Crippen LogP contribution is -2.17. The molecule has 0 nitrogen and oxygen atoms in total. The quantitative estimate of drug-likeness (QED) is 0.619. The van der Waals surface area contributed by atoms with Gasteiger partial charge in [0.05, 0.1) is 0 Å². The molecule has 0 bridgehead atoms. The van der Waals surface area contributed by atoms with Gasteiger partial charge in [-0.05, 0) is 84.2 Å². The van der Waals surface area contributed by atoms with Crippen molar-refractivity contribution in [3.8, 4) is 11.1 Å². The molecule has 1 aliphatic carbocycles. The third kappa shape index (κ3) is 1.81. The normalized spacial score (nSPS) is 15.0. The van der Waals surface area contributed by atoms with Gasteiger partial charge in [0.25, 0.3) is 0 Å². The SMILES string of the molecule is CCc1cc(C)c2c(c1C)C(C)(C)c1cc(C)c(C)cc1-2. The summed E-state index contributed by atoms with van der Waals surface area (Å²) in [5.41, 5.74) is 13.4. The number of aryl methyl sites for hydroxylation is 4. The summed E-state index contributed by atoms with van der Waals surface area (Å²) >= 11 is 0. The number of fused-ring (bicyclic) bond motifs is 3. The lowest BCUT2D eigenvalue weighted by molar-refractivity contribution is 0.653. The van der Waals surface area contributed by atoms with E-state index >= 15 is 0 Å². The Morgan fingerprint density at radius 1 is 0.857 bits per heavy atom. The maximum Gasteiger partial charge on any atom is 0.0161 e. The van der Waals surface area contributed by atoms with E-state index in [1.54, 1.807) is 5.56 Å². The van der Waals surface area contributed by atoms with E-state index in [4.69, 9.17) is 0 Å². The number of hydrogen-bond donors (Lipinski definition) is 0. The molecule has 110 valence electrons. The molecule has 0 atom stereocenters. The van der Waals surface area contributed by atoms with E-state index in [1.165, 1.54) is 44.5 Å². The third-order valence-electron chi connectivity index (χ3n) is 5.47. The Kier molecular flexibility index (Phi) is 3.06. The Morgan fingerprint density at radius 3 is 2.10 bits per heavy atom. The minimum Gasteiger partial charge on any atom is -0.0613 e. The summed E-state index contributed by atoms with van der Waals surface area (Å²) in [4.78, 5) is 0. The van der Waals surface area contributed by atoms with Gasteiger partial charge in [-0.1, -0.05) is 39.0 Å². The average Bonchev–Trinajstić information content (AvgIpc) is 2.64. The van der Waals surface area contributed by atoms with Gasteiger partial charge in [-0.2, -0.15) is 0 Å². The molecule has 0 unspecified atom stereocenters. The number of rotatable bonds is 1. The summed E-state index contributed by atoms with van der Waals surface area (Å²) in [6.45, 7) is 16.1. The van der Waals surface area contributed by atoms with E-state index < -0.39 is 0 Å². The molecule has 0 spiro atoms. The van der Waals surface area contributed by atoms with Crippen LogP contribution in [0.3, 0.4) is 0 Å². The van der Waals surface area contributed by atoms with Gasteiger partial charge >= 0.3 is 0 Å². The van der Waals surface area contributed by atoms with Crippen LogP contribution in [0.15, 0.2) is 18.2 Å². The first-order valence-electron chi connectivity index (χ1n) is 8.04. The first kappa shape index (κ1) is 14.4. The predicted molar refractivity (Wildman–Crippen MR) is 92.3 cm³/mol. The van der Waals surface area contributed by atoms with Crippen molar-refractivity contribution in [3.05, 3.63) is 57.1 Å². The Balaban J connectivity index is 2.45. The van der Waals surface area contributed by atoms with E-state index in [0.29, 0.717) is 0 Å². The first-order chi connectivity index (χ1) is 9.78. The highest BCUT2D eigenvalue weighted by Crippen LogP contribution is 2.52. The minimum atomic E-state index is 0.114. The zero-order chi connectivity index (χ0) is 15.5. The second-order valence-electron chi connectivity index (χ2n) is 7.19. The zero-order valence-corrected chi connectivity index (χ0v) is 14.4. The van der Waals surface area contributed by atoms with E-state index in [2.05, 4.69) is 66.7 Å². The maximum atomic E-state index is 2.41. The van der Waals surface area contributed by atoms with Crippen LogP contribution in [0.2, 0.25) is 0 Å². The van der Waals surface area contributed by atoms with Crippen LogP contribution in [0.1, 0.15) is 59.7 Å².